The third-order valence-electron chi connectivity index (χ3n) is 6.20. The Balaban J connectivity index is -0.0000000980. The van der Waals surface area contributed by atoms with Gasteiger partial charge in [-0.15, -0.1) is 30.7 Å². The van der Waals surface area contributed by atoms with E-state index in [1.807, 2.05) is 0 Å². The maximum Gasteiger partial charge on any atom is 3.00 e. The van der Waals surface area contributed by atoms with Crippen LogP contribution < -0.4 is 55.9 Å². The van der Waals surface area contributed by atoms with E-state index >= 15 is 0 Å². The first-order valence-corrected chi connectivity index (χ1v) is 21.0. The first-order valence-electron chi connectivity index (χ1n) is 17.3. The fourth-order valence-electron chi connectivity index (χ4n) is 2.64. The van der Waals surface area contributed by atoms with Gasteiger partial charge in [0.1, 0.15) is 0 Å². The SMILES string of the molecule is CN(C)C(=O)CCC(=O)N(C)C.CN(C)C(=O)CCC(=O)N(C)C.CN(C)C(=O)CCC(=O)N(C)C.CN(C)C(=O)CCC(=O)N(C)C.[Eu+3].[O-][Cl+3]([O-])([O-])[O-].[O-][Cl+3]([O-])([O-])[O-].[O-][Cl+3]([O-])([O-])[O-]. The molecule has 28 nitrogen and oxygen atoms in total. The second-order valence-corrected chi connectivity index (χ2v) is 15.7. The summed E-state index contributed by atoms with van der Waals surface area (Å²) >= 11 is 0. The van der Waals surface area contributed by atoms with E-state index in [4.69, 9.17) is 55.9 Å². The van der Waals surface area contributed by atoms with Gasteiger partial charge in [-0.1, -0.05) is 0 Å². The molecule has 0 heterocycles. The van der Waals surface area contributed by atoms with Crippen LogP contribution in [0.3, 0.4) is 0 Å². The Morgan fingerprint density at radius 3 is 0.312 bits per heavy atom. The molecule has 0 radical (unpaired) electrons. The monoisotopic (exact) mass is 1140 g/mol. The minimum atomic E-state index is -4.94. The fraction of sp³-hybridized carbons (Fsp3) is 0.750. The van der Waals surface area contributed by atoms with E-state index in [2.05, 4.69) is 0 Å². The van der Waals surface area contributed by atoms with Crippen LogP contribution in [0, 0.1) is 80.1 Å². The standard InChI is InChI=1S/4C8H16N2O2.3ClHO4.Eu/c4*1-9(2)7(11)5-6-8(12)10(3)4;3*2-1(3,4)5;/h4*5-6H2,1-4H3;3*(H,2,3,4,5);/q;;;;;;;+3/p-3. The molecule has 0 aliphatic carbocycles. The molecule has 0 unspecified atom stereocenters. The van der Waals surface area contributed by atoms with Crippen LogP contribution in [-0.2, 0) is 38.4 Å². The second kappa shape index (κ2) is 42.1. The predicted octanol–water partition coefficient (Wildman–Crippen LogP) is -14.5. The number of amides is 8. The molecule has 0 fully saturated rings. The number of hydrogen-bond acceptors (Lipinski definition) is 20. The van der Waals surface area contributed by atoms with Crippen molar-refractivity contribution in [2.45, 2.75) is 51.4 Å². The van der Waals surface area contributed by atoms with Crippen molar-refractivity contribution in [3.63, 3.8) is 0 Å². The summed E-state index contributed by atoms with van der Waals surface area (Å²) < 4.78 is 102. The van der Waals surface area contributed by atoms with Crippen molar-refractivity contribution >= 4 is 47.3 Å². The molecule has 0 aliphatic heterocycles. The van der Waals surface area contributed by atoms with Gasteiger partial charge in [-0.2, -0.15) is 0 Å². The number of rotatable bonds is 12. The molecule has 0 saturated carbocycles. The summed E-state index contributed by atoms with van der Waals surface area (Å²) in [5.74, 6) is -0.0726. The van der Waals surface area contributed by atoms with Crippen molar-refractivity contribution in [1.29, 1.82) is 0 Å². The normalized spacial score (nSPS) is 9.81. The second-order valence-electron chi connectivity index (χ2n) is 13.4. The first kappa shape index (κ1) is 78.9. The van der Waals surface area contributed by atoms with Crippen LogP contribution in [0.5, 0.6) is 0 Å². The Morgan fingerprint density at radius 2 is 0.281 bits per heavy atom. The number of carbonyl (C=O) groups is 8. The first-order chi connectivity index (χ1) is 27.8. The minimum Gasteiger partial charge on any atom is -0.349 e. The number of hydrogen-bond donors (Lipinski definition) is 0. The molecule has 32 heteroatoms. The quantitative estimate of drug-likeness (QED) is 0.175. The summed E-state index contributed by atoms with van der Waals surface area (Å²) in [6, 6.07) is 0. The maximum atomic E-state index is 11.0. The van der Waals surface area contributed by atoms with Gasteiger partial charge in [0.25, 0.3) is 0 Å². The largest absolute Gasteiger partial charge is 3.00 e. The van der Waals surface area contributed by atoms with Gasteiger partial charge in [-0.05, 0) is 0 Å². The summed E-state index contributed by atoms with van der Waals surface area (Å²) in [5, 5.41) is 0. The third kappa shape index (κ3) is 83.3. The molecule has 64 heavy (non-hydrogen) atoms. The molecule has 0 rings (SSSR count). The molecular weight excluding hydrogens is 1070 g/mol. The van der Waals surface area contributed by atoms with E-state index in [0.717, 1.165) is 0 Å². The van der Waals surface area contributed by atoms with Gasteiger partial charge < -0.3 is 39.2 Å². The minimum absolute atomic E-state index is 0. The summed E-state index contributed by atoms with van der Waals surface area (Å²) in [6.45, 7) is 0. The molecule has 8 amide bonds. The van der Waals surface area contributed by atoms with Crippen LogP contribution in [0.25, 0.3) is 0 Å². The Bertz CT molecular complexity index is 1040. The zero-order valence-electron chi connectivity index (χ0n) is 38.9. The average Bonchev–Trinajstić information content (AvgIpc) is 3.08. The number of nitrogens with zero attached hydrogens (tertiary/aromatic N) is 8. The van der Waals surface area contributed by atoms with Gasteiger partial charge in [0.2, 0.25) is 47.3 Å². The Labute approximate surface area is 421 Å². The zero-order valence-corrected chi connectivity index (χ0v) is 43.6. The van der Waals surface area contributed by atoms with Crippen LogP contribution in [0.2, 0.25) is 0 Å². The van der Waals surface area contributed by atoms with E-state index in [1.165, 1.54) is 39.2 Å². The molecule has 0 aromatic heterocycles. The van der Waals surface area contributed by atoms with Crippen LogP contribution in [0.15, 0.2) is 0 Å². The summed E-state index contributed by atoms with van der Waals surface area (Å²) in [6.07, 6.45) is 2.37. The summed E-state index contributed by atoms with van der Waals surface area (Å²) in [4.78, 5) is 100. The van der Waals surface area contributed by atoms with Crippen molar-refractivity contribution in [3.8, 4) is 0 Å². The van der Waals surface area contributed by atoms with E-state index in [0.29, 0.717) is 51.4 Å². The smallest absolute Gasteiger partial charge is 0.349 e. The van der Waals surface area contributed by atoms with Crippen LogP contribution in [0.4, 0.5) is 0 Å². The van der Waals surface area contributed by atoms with Crippen LogP contribution in [0.1, 0.15) is 51.4 Å². The number of carbonyl (C=O) groups excluding carboxylic acids is 8. The molecule has 380 valence electrons. The number of halogens is 3. The molecule has 0 aliphatic rings. The van der Waals surface area contributed by atoms with Crippen molar-refractivity contribution in [3.05, 3.63) is 0 Å². The van der Waals surface area contributed by atoms with Gasteiger partial charge in [0.15, 0.2) is 0 Å². The summed E-state index contributed by atoms with van der Waals surface area (Å²) in [5.41, 5.74) is 0. The van der Waals surface area contributed by atoms with E-state index < -0.39 is 30.7 Å². The molecular formula is C32H64Cl3EuN8O20. The van der Waals surface area contributed by atoms with Crippen LogP contribution >= 0.6 is 0 Å². The Kier molecular flexibility index (Phi) is 51.9. The van der Waals surface area contributed by atoms with Crippen molar-refractivity contribution in [2.75, 3.05) is 113 Å². The molecule has 0 spiro atoms. The maximum absolute atomic E-state index is 11.0. The topological polar surface area (TPSA) is 439 Å². The van der Waals surface area contributed by atoms with Gasteiger partial charge in [0, 0.05) is 164 Å². The molecule has 0 atom stereocenters. The van der Waals surface area contributed by atoms with Crippen molar-refractivity contribution in [2.24, 2.45) is 0 Å². The fourth-order valence-corrected chi connectivity index (χ4v) is 2.64. The van der Waals surface area contributed by atoms with Gasteiger partial charge in [0.05, 0.1) is 0 Å². The molecule has 0 aromatic rings. The average molecular weight is 1140 g/mol. The third-order valence-corrected chi connectivity index (χ3v) is 6.20. The van der Waals surface area contributed by atoms with Crippen molar-refractivity contribution < 1.29 is 174 Å². The van der Waals surface area contributed by atoms with E-state index in [-0.39, 0.29) is 96.6 Å². The van der Waals surface area contributed by atoms with E-state index in [9.17, 15) is 38.4 Å². The Morgan fingerprint density at radius 1 is 0.234 bits per heavy atom. The van der Waals surface area contributed by atoms with Gasteiger partial charge >= 0.3 is 49.4 Å². The van der Waals surface area contributed by atoms with Gasteiger partial charge in [-0.3, -0.25) is 38.4 Å². The molecule has 0 bridgehead atoms. The molecule has 0 N–H and O–H groups in total. The molecule has 0 aromatic carbocycles. The Hall–Kier alpha value is -2.27. The molecule has 0 saturated heterocycles. The van der Waals surface area contributed by atoms with Gasteiger partial charge in [-0.25, -0.2) is 55.9 Å². The van der Waals surface area contributed by atoms with E-state index in [1.54, 1.807) is 113 Å². The van der Waals surface area contributed by atoms with Crippen molar-refractivity contribution in [1.82, 2.24) is 39.2 Å². The predicted molar refractivity (Wildman–Crippen MR) is 186 cm³/mol. The van der Waals surface area contributed by atoms with Crippen LogP contribution in [-0.4, -0.2) is 199 Å². The summed E-state index contributed by atoms with van der Waals surface area (Å²) in [7, 11) is 12.1. The zero-order chi connectivity index (χ0) is 52.4.